The molecule has 4 aromatic rings. The Balaban J connectivity index is 1.49. The zero-order chi connectivity index (χ0) is 26.1. The molecule has 3 heterocycles. The molecule has 1 aromatic heterocycles. The van der Waals surface area contributed by atoms with Crippen molar-refractivity contribution >= 4 is 34.1 Å². The number of piperidine rings is 1. The van der Waals surface area contributed by atoms with Gasteiger partial charge in [-0.15, -0.1) is 0 Å². The minimum Gasteiger partial charge on any atom is -0.321 e. The number of carbonyl (C=O) groups excluding carboxylic acids is 1. The molecule has 0 saturated carbocycles. The van der Waals surface area contributed by atoms with E-state index < -0.39 is 0 Å². The van der Waals surface area contributed by atoms with Gasteiger partial charge in [-0.2, -0.15) is 5.10 Å². The van der Waals surface area contributed by atoms with Crippen LogP contribution in [0.5, 0.6) is 0 Å². The number of hydrogen-bond acceptors (Lipinski definition) is 4. The Morgan fingerprint density at radius 1 is 0.921 bits per heavy atom. The molecule has 2 aliphatic heterocycles. The lowest BCUT2D eigenvalue weighted by atomic mass is 9.91. The number of pyridine rings is 1. The monoisotopic (exact) mass is 524 g/mol. The Morgan fingerprint density at radius 3 is 2.37 bits per heavy atom. The highest BCUT2D eigenvalue weighted by Gasteiger charge is 2.36. The number of H-pyrrole nitrogens is 1. The predicted octanol–water partition coefficient (Wildman–Crippen LogP) is 6.01. The summed E-state index contributed by atoms with van der Waals surface area (Å²) in [7, 11) is 0. The fourth-order valence-electron chi connectivity index (χ4n) is 5.65. The number of hydrazone groups is 1. The van der Waals surface area contributed by atoms with Gasteiger partial charge in [-0.25, -0.2) is 5.01 Å². The first-order valence-electron chi connectivity index (χ1n) is 13.2. The molecule has 1 atom stereocenters. The van der Waals surface area contributed by atoms with E-state index in [9.17, 15) is 9.59 Å². The van der Waals surface area contributed by atoms with Crippen molar-refractivity contribution in [3.05, 3.63) is 105 Å². The molecule has 0 bridgehead atoms. The van der Waals surface area contributed by atoms with Crippen LogP contribution in [0.25, 0.3) is 22.0 Å². The minimum atomic E-state index is -0.276. The molecular formula is C31H29ClN4O2. The van der Waals surface area contributed by atoms with Crippen LogP contribution in [0.1, 0.15) is 42.9 Å². The topological polar surface area (TPSA) is 68.8 Å². The number of carbonyl (C=O) groups is 1. The number of fused-ring (bicyclic) bond motifs is 1. The molecule has 1 N–H and O–H groups in total. The van der Waals surface area contributed by atoms with Gasteiger partial charge in [0.15, 0.2) is 0 Å². The average molecular weight is 525 g/mol. The second-order valence-electron chi connectivity index (χ2n) is 10.0. The van der Waals surface area contributed by atoms with Crippen LogP contribution < -0.4 is 5.56 Å². The Morgan fingerprint density at radius 2 is 1.63 bits per heavy atom. The van der Waals surface area contributed by atoms with Crippen LogP contribution in [0.4, 0.5) is 0 Å². The van der Waals surface area contributed by atoms with Crippen LogP contribution in [0.15, 0.2) is 88.8 Å². The summed E-state index contributed by atoms with van der Waals surface area (Å²) in [5.74, 6) is -0.0442. The summed E-state index contributed by atoms with van der Waals surface area (Å²) < 4.78 is 0. The minimum absolute atomic E-state index is 0.0442. The van der Waals surface area contributed by atoms with Crippen LogP contribution in [0.3, 0.4) is 0 Å². The second kappa shape index (κ2) is 10.6. The Kier molecular flexibility index (Phi) is 6.83. The highest BCUT2D eigenvalue weighted by atomic mass is 35.5. The fourth-order valence-corrected chi connectivity index (χ4v) is 5.82. The summed E-state index contributed by atoms with van der Waals surface area (Å²) in [6.07, 6.45) is 3.88. The van der Waals surface area contributed by atoms with Gasteiger partial charge in [-0.1, -0.05) is 78.7 Å². The molecule has 2 aliphatic rings. The first-order valence-corrected chi connectivity index (χ1v) is 13.5. The molecule has 1 fully saturated rings. The first kappa shape index (κ1) is 24.6. The first-order chi connectivity index (χ1) is 18.6. The van der Waals surface area contributed by atoms with Gasteiger partial charge in [-0.05, 0) is 55.3 Å². The highest BCUT2D eigenvalue weighted by Crippen LogP contribution is 2.37. The van der Waals surface area contributed by atoms with Gasteiger partial charge in [0.2, 0.25) is 0 Å². The number of likely N-dealkylation sites (tertiary alicyclic amines) is 1. The summed E-state index contributed by atoms with van der Waals surface area (Å²) in [5, 5.41) is 7.91. The Labute approximate surface area is 226 Å². The van der Waals surface area contributed by atoms with E-state index in [0.29, 0.717) is 34.8 Å². The van der Waals surface area contributed by atoms with Gasteiger partial charge in [0.25, 0.3) is 11.5 Å². The summed E-state index contributed by atoms with van der Waals surface area (Å²) in [6.45, 7) is 2.18. The van der Waals surface area contributed by atoms with Crippen LogP contribution >= 0.6 is 11.6 Å². The smallest absolute Gasteiger partial charge is 0.258 e. The Bertz CT molecular complexity index is 1560. The van der Waals surface area contributed by atoms with Crippen molar-refractivity contribution in [2.75, 3.05) is 19.6 Å². The number of nitrogens with one attached hydrogen (secondary N) is 1. The molecule has 38 heavy (non-hydrogen) atoms. The number of halogens is 1. The largest absolute Gasteiger partial charge is 0.321 e. The lowest BCUT2D eigenvalue weighted by Gasteiger charge is -2.29. The van der Waals surface area contributed by atoms with Gasteiger partial charge in [-0.3, -0.25) is 14.5 Å². The molecular weight excluding hydrogens is 496 g/mol. The SMILES string of the molecule is O=C(CN1CCCCC1)N1N=C(c2c(-c3ccccc3)c3cc(Cl)ccc3[nH]c2=O)C[C@@H]1c1ccccc1. The quantitative estimate of drug-likeness (QED) is 0.347. The molecule has 6 nitrogen and oxygen atoms in total. The van der Waals surface area contributed by atoms with Crippen molar-refractivity contribution in [1.82, 2.24) is 14.9 Å². The molecule has 0 unspecified atom stereocenters. The molecule has 0 spiro atoms. The number of rotatable bonds is 5. The zero-order valence-corrected chi connectivity index (χ0v) is 21.8. The maximum atomic E-state index is 13.7. The summed E-state index contributed by atoms with van der Waals surface area (Å²) in [6, 6.07) is 25.0. The van der Waals surface area contributed by atoms with Crippen molar-refractivity contribution in [2.45, 2.75) is 31.7 Å². The van der Waals surface area contributed by atoms with Gasteiger partial charge in [0.1, 0.15) is 0 Å². The van der Waals surface area contributed by atoms with Crippen molar-refractivity contribution in [3.8, 4) is 11.1 Å². The summed E-state index contributed by atoms with van der Waals surface area (Å²) in [4.78, 5) is 32.5. The maximum absolute atomic E-state index is 13.7. The number of benzene rings is 3. The normalized spacial score (nSPS) is 18.1. The lowest BCUT2D eigenvalue weighted by molar-refractivity contribution is -0.134. The number of aromatic nitrogens is 1. The number of aromatic amines is 1. The molecule has 7 heteroatoms. The van der Waals surface area contributed by atoms with Gasteiger partial charge in [0, 0.05) is 27.9 Å². The third kappa shape index (κ3) is 4.77. The van der Waals surface area contributed by atoms with Gasteiger partial charge >= 0.3 is 0 Å². The van der Waals surface area contributed by atoms with Crippen molar-refractivity contribution < 1.29 is 4.79 Å². The molecule has 1 amide bonds. The van der Waals surface area contributed by atoms with Crippen molar-refractivity contribution in [3.63, 3.8) is 0 Å². The molecule has 0 aliphatic carbocycles. The second-order valence-corrected chi connectivity index (χ2v) is 10.4. The molecule has 0 radical (unpaired) electrons. The van der Waals surface area contributed by atoms with Crippen LogP contribution in [0, 0.1) is 0 Å². The lowest BCUT2D eigenvalue weighted by Crippen LogP contribution is -2.40. The molecule has 3 aromatic carbocycles. The summed E-state index contributed by atoms with van der Waals surface area (Å²) >= 11 is 6.41. The van der Waals surface area contributed by atoms with E-state index in [1.165, 1.54) is 6.42 Å². The number of nitrogens with zero attached hydrogens (tertiary/aromatic N) is 3. The van der Waals surface area contributed by atoms with E-state index in [1.54, 1.807) is 11.1 Å². The van der Waals surface area contributed by atoms with Gasteiger partial charge < -0.3 is 4.98 Å². The molecule has 192 valence electrons. The zero-order valence-electron chi connectivity index (χ0n) is 21.1. The van der Waals surface area contributed by atoms with E-state index in [2.05, 4.69) is 9.88 Å². The Hall–Kier alpha value is -3.74. The highest BCUT2D eigenvalue weighted by molar-refractivity contribution is 6.31. The average Bonchev–Trinajstić information content (AvgIpc) is 3.39. The van der Waals surface area contributed by atoms with E-state index in [4.69, 9.17) is 16.7 Å². The van der Waals surface area contributed by atoms with Crippen LogP contribution in [-0.4, -0.2) is 46.1 Å². The number of amides is 1. The third-order valence-electron chi connectivity index (χ3n) is 7.49. The summed E-state index contributed by atoms with van der Waals surface area (Å²) in [5.41, 5.74) is 4.25. The fraction of sp³-hybridized carbons (Fsp3) is 0.258. The third-order valence-corrected chi connectivity index (χ3v) is 7.72. The molecule has 1 saturated heterocycles. The predicted molar refractivity (Wildman–Crippen MR) is 152 cm³/mol. The standard InChI is InChI=1S/C31H29ClN4O2/c32-23-14-15-25-24(18-23)29(22-12-6-2-7-13-22)30(31(38)33-25)26-19-27(21-10-4-1-5-11-21)36(34-26)28(37)20-35-16-8-3-9-17-35/h1-2,4-7,10-15,18,27H,3,8-9,16-17,19-20H2,(H,33,38)/t27-/m1/s1. The molecule has 6 rings (SSSR count). The van der Waals surface area contributed by atoms with Crippen LogP contribution in [0.2, 0.25) is 5.02 Å². The van der Waals surface area contributed by atoms with E-state index in [1.807, 2.05) is 72.8 Å². The maximum Gasteiger partial charge on any atom is 0.258 e. The number of hydrogen-bond donors (Lipinski definition) is 1. The van der Waals surface area contributed by atoms with Crippen LogP contribution in [-0.2, 0) is 4.79 Å². The van der Waals surface area contributed by atoms with Gasteiger partial charge in [0.05, 0.1) is 23.9 Å². The van der Waals surface area contributed by atoms with E-state index >= 15 is 0 Å². The van der Waals surface area contributed by atoms with Crippen molar-refractivity contribution in [2.24, 2.45) is 5.10 Å². The van der Waals surface area contributed by atoms with E-state index in [-0.39, 0.29) is 17.5 Å². The van der Waals surface area contributed by atoms with E-state index in [0.717, 1.165) is 48.0 Å². The van der Waals surface area contributed by atoms with Crippen molar-refractivity contribution in [1.29, 1.82) is 0 Å².